The van der Waals surface area contributed by atoms with Crippen LogP contribution >= 0.6 is 34.8 Å². The molecule has 0 aliphatic rings. The van der Waals surface area contributed by atoms with Crippen molar-refractivity contribution >= 4 is 45.7 Å². The Hall–Kier alpha value is -1.48. The lowest BCUT2D eigenvalue weighted by Crippen LogP contribution is -2.08. The summed E-state index contributed by atoms with van der Waals surface area (Å²) in [6, 6.07) is 12.2. The Labute approximate surface area is 129 Å². The van der Waals surface area contributed by atoms with Gasteiger partial charge >= 0.3 is 0 Å². The molecule has 0 spiro atoms. The van der Waals surface area contributed by atoms with Gasteiger partial charge in [-0.1, -0.05) is 46.9 Å². The molecule has 0 atom stereocenters. The van der Waals surface area contributed by atoms with E-state index >= 15 is 0 Å². The Morgan fingerprint density at radius 3 is 2.25 bits per heavy atom. The van der Waals surface area contributed by atoms with E-state index in [2.05, 4.69) is 4.98 Å². The van der Waals surface area contributed by atoms with E-state index < -0.39 is 0 Å². The van der Waals surface area contributed by atoms with Gasteiger partial charge in [-0.05, 0) is 35.7 Å². The molecule has 3 rings (SSSR count). The second-order valence-corrected chi connectivity index (χ2v) is 5.65. The first-order chi connectivity index (χ1) is 9.54. The van der Waals surface area contributed by atoms with Gasteiger partial charge < -0.3 is 4.98 Å². The molecule has 100 valence electrons. The van der Waals surface area contributed by atoms with Gasteiger partial charge in [-0.3, -0.25) is 4.79 Å². The molecule has 0 radical (unpaired) electrons. The summed E-state index contributed by atoms with van der Waals surface area (Å²) < 4.78 is 0. The Morgan fingerprint density at radius 2 is 1.50 bits per heavy atom. The highest BCUT2D eigenvalue weighted by Crippen LogP contribution is 2.29. The fourth-order valence-corrected chi connectivity index (χ4v) is 2.76. The maximum atomic E-state index is 12.2. The lowest BCUT2D eigenvalue weighted by Gasteiger charge is -2.06. The summed E-state index contributed by atoms with van der Waals surface area (Å²) in [5.74, 6) is 0. The van der Waals surface area contributed by atoms with E-state index in [-0.39, 0.29) is 5.56 Å². The fourth-order valence-electron chi connectivity index (χ4n) is 2.08. The smallest absolute Gasteiger partial charge is 0.256 e. The van der Waals surface area contributed by atoms with Crippen molar-refractivity contribution < 1.29 is 0 Å². The Bertz CT molecular complexity index is 871. The van der Waals surface area contributed by atoms with Gasteiger partial charge in [0.1, 0.15) is 0 Å². The molecule has 0 bridgehead atoms. The van der Waals surface area contributed by atoms with Crippen LogP contribution in [0.1, 0.15) is 0 Å². The zero-order chi connectivity index (χ0) is 14.3. The molecule has 3 aromatic rings. The molecule has 0 aliphatic carbocycles. The molecule has 5 heteroatoms. The highest BCUT2D eigenvalue weighted by molar-refractivity contribution is 6.36. The molecule has 20 heavy (non-hydrogen) atoms. The number of H-pyrrole nitrogens is 1. The third-order valence-corrected chi connectivity index (χ3v) is 3.81. The van der Waals surface area contributed by atoms with Crippen LogP contribution in [0, 0.1) is 0 Å². The number of halogens is 3. The molecular formula is C15H8Cl3NO. The van der Waals surface area contributed by atoms with Gasteiger partial charge in [-0.15, -0.1) is 0 Å². The van der Waals surface area contributed by atoms with Gasteiger partial charge in [0.15, 0.2) is 0 Å². The maximum absolute atomic E-state index is 12.2. The molecule has 2 aromatic carbocycles. The first kappa shape index (κ1) is 13.5. The van der Waals surface area contributed by atoms with Gasteiger partial charge in [0, 0.05) is 26.7 Å². The van der Waals surface area contributed by atoms with E-state index in [0.717, 1.165) is 5.39 Å². The molecule has 0 saturated carbocycles. The molecule has 0 fully saturated rings. The van der Waals surface area contributed by atoms with Gasteiger partial charge in [0.05, 0.1) is 5.02 Å². The minimum Gasteiger partial charge on any atom is -0.321 e. The standard InChI is InChI=1S/C15H8Cl3NO/c16-9-3-4-11(13(18)6-9)12-5-8-1-2-10(17)7-14(8)19-15(12)20/h1-7H,(H,19,20). The second-order valence-electron chi connectivity index (χ2n) is 4.37. The fraction of sp³-hybridized carbons (Fsp3) is 0. The third kappa shape index (κ3) is 2.42. The Balaban J connectivity index is 2.28. The topological polar surface area (TPSA) is 32.9 Å². The number of aromatic nitrogens is 1. The van der Waals surface area contributed by atoms with E-state index in [1.54, 1.807) is 36.4 Å². The Morgan fingerprint density at radius 1 is 0.800 bits per heavy atom. The van der Waals surface area contributed by atoms with Crippen LogP contribution in [-0.2, 0) is 0 Å². The zero-order valence-electron chi connectivity index (χ0n) is 10.1. The highest BCUT2D eigenvalue weighted by atomic mass is 35.5. The SMILES string of the molecule is O=c1[nH]c2cc(Cl)ccc2cc1-c1ccc(Cl)cc1Cl. The molecular weight excluding hydrogens is 317 g/mol. The van der Waals surface area contributed by atoms with E-state index in [9.17, 15) is 4.79 Å². The second kappa shape index (κ2) is 5.13. The van der Waals surface area contributed by atoms with E-state index in [1.807, 2.05) is 6.07 Å². The monoisotopic (exact) mass is 323 g/mol. The lowest BCUT2D eigenvalue weighted by molar-refractivity contribution is 1.31. The Kier molecular flexibility index (Phi) is 3.47. The van der Waals surface area contributed by atoms with Crippen LogP contribution < -0.4 is 5.56 Å². The molecule has 0 unspecified atom stereocenters. The number of benzene rings is 2. The molecule has 0 saturated heterocycles. The number of rotatable bonds is 1. The van der Waals surface area contributed by atoms with Crippen molar-refractivity contribution in [3.05, 3.63) is 67.9 Å². The van der Waals surface area contributed by atoms with Crippen molar-refractivity contribution in [2.75, 3.05) is 0 Å². The van der Waals surface area contributed by atoms with Crippen LogP contribution in [0.4, 0.5) is 0 Å². The molecule has 2 nitrogen and oxygen atoms in total. The summed E-state index contributed by atoms with van der Waals surface area (Å²) in [4.78, 5) is 15.0. The first-order valence-electron chi connectivity index (χ1n) is 5.82. The van der Waals surface area contributed by atoms with Crippen molar-refractivity contribution in [2.45, 2.75) is 0 Å². The minimum atomic E-state index is -0.219. The van der Waals surface area contributed by atoms with Crippen molar-refractivity contribution in [1.29, 1.82) is 0 Å². The summed E-state index contributed by atoms with van der Waals surface area (Å²) in [7, 11) is 0. The van der Waals surface area contributed by atoms with E-state index in [1.165, 1.54) is 0 Å². The van der Waals surface area contributed by atoms with Crippen molar-refractivity contribution in [3.8, 4) is 11.1 Å². The average molecular weight is 325 g/mol. The van der Waals surface area contributed by atoms with Crippen LogP contribution in [0.15, 0.2) is 47.3 Å². The predicted molar refractivity (Wildman–Crippen MR) is 85.0 cm³/mol. The first-order valence-corrected chi connectivity index (χ1v) is 6.96. The van der Waals surface area contributed by atoms with Gasteiger partial charge in [-0.2, -0.15) is 0 Å². The number of pyridine rings is 1. The van der Waals surface area contributed by atoms with Crippen LogP contribution in [0.5, 0.6) is 0 Å². The summed E-state index contributed by atoms with van der Waals surface area (Å²) in [6.07, 6.45) is 0. The molecule has 0 aliphatic heterocycles. The van der Waals surface area contributed by atoms with Gasteiger partial charge in [0.25, 0.3) is 5.56 Å². The number of nitrogens with one attached hydrogen (secondary N) is 1. The van der Waals surface area contributed by atoms with Crippen LogP contribution in [-0.4, -0.2) is 4.98 Å². The van der Waals surface area contributed by atoms with Crippen molar-refractivity contribution in [1.82, 2.24) is 4.98 Å². The van der Waals surface area contributed by atoms with Crippen LogP contribution in [0.2, 0.25) is 15.1 Å². The summed E-state index contributed by atoms with van der Waals surface area (Å²) in [6.45, 7) is 0. The molecule has 1 heterocycles. The number of aromatic amines is 1. The third-order valence-electron chi connectivity index (χ3n) is 3.03. The average Bonchev–Trinajstić information content (AvgIpc) is 2.38. The number of hydrogen-bond acceptors (Lipinski definition) is 1. The largest absolute Gasteiger partial charge is 0.321 e. The number of hydrogen-bond donors (Lipinski definition) is 1. The summed E-state index contributed by atoms with van der Waals surface area (Å²) >= 11 is 17.9. The molecule has 1 aromatic heterocycles. The lowest BCUT2D eigenvalue weighted by atomic mass is 10.1. The summed E-state index contributed by atoms with van der Waals surface area (Å²) in [5.41, 5.74) is 1.62. The minimum absolute atomic E-state index is 0.219. The highest BCUT2D eigenvalue weighted by Gasteiger charge is 2.10. The number of fused-ring (bicyclic) bond motifs is 1. The quantitative estimate of drug-likeness (QED) is 0.659. The summed E-state index contributed by atoms with van der Waals surface area (Å²) in [5, 5.41) is 2.43. The van der Waals surface area contributed by atoms with E-state index in [4.69, 9.17) is 34.8 Å². The van der Waals surface area contributed by atoms with Crippen molar-refractivity contribution in [3.63, 3.8) is 0 Å². The van der Waals surface area contributed by atoms with Gasteiger partial charge in [0.2, 0.25) is 0 Å². The molecule has 0 amide bonds. The van der Waals surface area contributed by atoms with Crippen LogP contribution in [0.3, 0.4) is 0 Å². The molecule has 1 N–H and O–H groups in total. The van der Waals surface area contributed by atoms with Crippen LogP contribution in [0.25, 0.3) is 22.0 Å². The normalized spacial score (nSPS) is 10.9. The zero-order valence-corrected chi connectivity index (χ0v) is 12.4. The van der Waals surface area contributed by atoms with Gasteiger partial charge in [-0.25, -0.2) is 0 Å². The van der Waals surface area contributed by atoms with E-state index in [0.29, 0.717) is 31.7 Å². The maximum Gasteiger partial charge on any atom is 0.256 e. The van der Waals surface area contributed by atoms with Crippen molar-refractivity contribution in [2.24, 2.45) is 0 Å². The predicted octanol–water partition coefficient (Wildman–Crippen LogP) is 5.16.